The molecule has 0 radical (unpaired) electrons. The van der Waals surface area contributed by atoms with E-state index in [1.807, 2.05) is 26.2 Å². The summed E-state index contributed by atoms with van der Waals surface area (Å²) in [4.78, 5) is 11.7. The number of nitrogens with zero attached hydrogens (tertiary/aromatic N) is 3. The highest BCUT2D eigenvalue weighted by Gasteiger charge is 2.21. The molecule has 3 aromatic rings. The molecule has 1 aliphatic carbocycles. The molecule has 0 amide bonds. The van der Waals surface area contributed by atoms with Crippen LogP contribution in [-0.2, 0) is 12.8 Å². The average molecular weight is 469 g/mol. The largest absolute Gasteiger partial charge is 0.362 e. The van der Waals surface area contributed by atoms with Gasteiger partial charge in [-0.15, -0.1) is 0 Å². The molecule has 0 saturated heterocycles. The van der Waals surface area contributed by atoms with Crippen LogP contribution in [0.15, 0.2) is 42.5 Å². The molecule has 6 heteroatoms. The van der Waals surface area contributed by atoms with Gasteiger partial charge in [0.2, 0.25) is 0 Å². The summed E-state index contributed by atoms with van der Waals surface area (Å²) >= 11 is 6.14. The van der Waals surface area contributed by atoms with E-state index in [1.54, 1.807) is 12.1 Å². The molecule has 0 unspecified atom stereocenters. The maximum atomic E-state index is 13.9. The van der Waals surface area contributed by atoms with Gasteiger partial charge in [0.15, 0.2) is 0 Å². The summed E-state index contributed by atoms with van der Waals surface area (Å²) in [5.41, 5.74) is 1.64. The van der Waals surface area contributed by atoms with Gasteiger partial charge in [-0.1, -0.05) is 36.2 Å². The Bertz CT molecular complexity index is 1040. The molecule has 1 aliphatic rings. The molecule has 4 rings (SSSR count). The minimum atomic E-state index is -0.207. The van der Waals surface area contributed by atoms with Crippen molar-refractivity contribution in [3.8, 4) is 0 Å². The Morgan fingerprint density at radius 2 is 1.79 bits per heavy atom. The molecule has 0 aliphatic heterocycles. The highest BCUT2D eigenvalue weighted by Crippen LogP contribution is 2.29. The van der Waals surface area contributed by atoms with E-state index in [0.717, 1.165) is 47.8 Å². The highest BCUT2D eigenvalue weighted by molar-refractivity contribution is 6.31. The zero-order valence-corrected chi connectivity index (χ0v) is 20.4. The number of para-hydroxylation sites is 1. The van der Waals surface area contributed by atoms with E-state index < -0.39 is 0 Å². The van der Waals surface area contributed by atoms with Crippen LogP contribution >= 0.6 is 11.6 Å². The predicted molar refractivity (Wildman–Crippen MR) is 136 cm³/mol. The third-order valence-electron chi connectivity index (χ3n) is 6.78. The monoisotopic (exact) mass is 468 g/mol. The molecule has 1 N–H and O–H groups in total. The standard InChI is InChI=1S/C27H34ClFN4/c1-33(2)27-22-8-3-4-11-25(22)31-26(32-27)12-5-7-19-13-15-20(16-14-19)30-18-17-21-23(28)9-6-10-24(21)29/h3-4,6,8-11,19-20,30H,5,7,12-18H2,1-2H3. The third kappa shape index (κ3) is 6.21. The van der Waals surface area contributed by atoms with Crippen LogP contribution in [-0.4, -0.2) is 36.6 Å². The molecule has 4 nitrogen and oxygen atoms in total. The van der Waals surface area contributed by atoms with Gasteiger partial charge in [0.25, 0.3) is 0 Å². The maximum Gasteiger partial charge on any atom is 0.139 e. The normalized spacial score (nSPS) is 18.5. The Kier molecular flexibility index (Phi) is 8.15. The first-order valence-electron chi connectivity index (χ1n) is 12.1. The lowest BCUT2D eigenvalue weighted by molar-refractivity contribution is 0.276. The van der Waals surface area contributed by atoms with Crippen LogP contribution in [0, 0.1) is 11.7 Å². The number of rotatable bonds is 9. The topological polar surface area (TPSA) is 41.1 Å². The van der Waals surface area contributed by atoms with Gasteiger partial charge in [0.05, 0.1) is 5.52 Å². The minimum absolute atomic E-state index is 0.207. The summed E-state index contributed by atoms with van der Waals surface area (Å²) in [7, 11) is 4.08. The van der Waals surface area contributed by atoms with Crippen LogP contribution < -0.4 is 10.2 Å². The molecular weight excluding hydrogens is 435 g/mol. The fourth-order valence-corrected chi connectivity index (χ4v) is 5.19. The molecule has 1 aromatic heterocycles. The second-order valence-corrected chi connectivity index (χ2v) is 9.80. The zero-order chi connectivity index (χ0) is 23.2. The van der Waals surface area contributed by atoms with Gasteiger partial charge < -0.3 is 10.2 Å². The van der Waals surface area contributed by atoms with Crippen molar-refractivity contribution in [2.75, 3.05) is 25.5 Å². The van der Waals surface area contributed by atoms with E-state index in [4.69, 9.17) is 21.6 Å². The number of hydrogen-bond acceptors (Lipinski definition) is 4. The number of hydrogen-bond donors (Lipinski definition) is 1. The summed E-state index contributed by atoms with van der Waals surface area (Å²) in [6.45, 7) is 0.767. The Balaban J connectivity index is 1.20. The summed E-state index contributed by atoms with van der Waals surface area (Å²) in [6, 6.07) is 13.7. The molecule has 1 heterocycles. The second-order valence-electron chi connectivity index (χ2n) is 9.39. The molecule has 1 fully saturated rings. The molecule has 1 saturated carbocycles. The van der Waals surface area contributed by atoms with E-state index >= 15 is 0 Å². The molecule has 176 valence electrons. The van der Waals surface area contributed by atoms with E-state index in [-0.39, 0.29) is 5.82 Å². The number of halogens is 2. The maximum absolute atomic E-state index is 13.9. The van der Waals surface area contributed by atoms with Gasteiger partial charge in [-0.25, -0.2) is 14.4 Å². The molecule has 0 spiro atoms. The fraction of sp³-hybridized carbons (Fsp3) is 0.481. The fourth-order valence-electron chi connectivity index (χ4n) is 4.94. The van der Waals surface area contributed by atoms with Gasteiger partial charge in [0.1, 0.15) is 17.5 Å². The lowest BCUT2D eigenvalue weighted by Crippen LogP contribution is -2.34. The van der Waals surface area contributed by atoms with E-state index in [2.05, 4.69) is 22.3 Å². The summed E-state index contributed by atoms with van der Waals surface area (Å²) in [5.74, 6) is 2.51. The van der Waals surface area contributed by atoms with Gasteiger partial charge in [-0.3, -0.25) is 0 Å². The lowest BCUT2D eigenvalue weighted by atomic mass is 9.83. The van der Waals surface area contributed by atoms with Crippen molar-refractivity contribution in [1.82, 2.24) is 15.3 Å². The van der Waals surface area contributed by atoms with Crippen LogP contribution in [0.2, 0.25) is 5.02 Å². The molecular formula is C27H34ClFN4. The number of nitrogens with one attached hydrogen (secondary N) is 1. The Morgan fingerprint density at radius 3 is 2.55 bits per heavy atom. The first-order chi connectivity index (χ1) is 16.0. The predicted octanol–water partition coefficient (Wildman–Crippen LogP) is 6.20. The van der Waals surface area contributed by atoms with Crippen LogP contribution in [0.1, 0.15) is 49.9 Å². The molecule has 33 heavy (non-hydrogen) atoms. The number of aromatic nitrogens is 2. The van der Waals surface area contributed by atoms with Crippen molar-refractivity contribution in [3.63, 3.8) is 0 Å². The number of benzene rings is 2. The van der Waals surface area contributed by atoms with Crippen molar-refractivity contribution in [2.24, 2.45) is 5.92 Å². The summed E-state index contributed by atoms with van der Waals surface area (Å²) < 4.78 is 13.9. The van der Waals surface area contributed by atoms with Gasteiger partial charge in [-0.2, -0.15) is 0 Å². The van der Waals surface area contributed by atoms with Crippen molar-refractivity contribution in [2.45, 2.75) is 57.4 Å². The Morgan fingerprint density at radius 1 is 1.00 bits per heavy atom. The Labute approximate surface area is 201 Å². The van der Waals surface area contributed by atoms with Gasteiger partial charge in [-0.05, 0) is 75.3 Å². The lowest BCUT2D eigenvalue weighted by Gasteiger charge is -2.29. The van der Waals surface area contributed by atoms with Crippen LogP contribution in [0.25, 0.3) is 10.9 Å². The SMILES string of the molecule is CN(C)c1nc(CCCC2CCC(NCCc3c(F)cccc3Cl)CC2)nc2ccccc12. The van der Waals surface area contributed by atoms with E-state index in [1.165, 1.54) is 38.2 Å². The Hall–Kier alpha value is -2.24. The molecule has 0 atom stereocenters. The smallest absolute Gasteiger partial charge is 0.139 e. The summed E-state index contributed by atoms with van der Waals surface area (Å²) in [6.07, 6.45) is 8.78. The van der Waals surface area contributed by atoms with Crippen LogP contribution in [0.5, 0.6) is 0 Å². The van der Waals surface area contributed by atoms with Crippen LogP contribution in [0.4, 0.5) is 10.2 Å². The second kappa shape index (κ2) is 11.3. The van der Waals surface area contributed by atoms with E-state index in [9.17, 15) is 4.39 Å². The zero-order valence-electron chi connectivity index (χ0n) is 19.7. The third-order valence-corrected chi connectivity index (χ3v) is 7.14. The van der Waals surface area contributed by atoms with Gasteiger partial charge >= 0.3 is 0 Å². The average Bonchev–Trinajstić information content (AvgIpc) is 2.81. The first-order valence-corrected chi connectivity index (χ1v) is 12.5. The minimum Gasteiger partial charge on any atom is -0.362 e. The molecule has 0 bridgehead atoms. The molecule has 2 aromatic carbocycles. The van der Waals surface area contributed by atoms with Crippen molar-refractivity contribution >= 4 is 28.3 Å². The van der Waals surface area contributed by atoms with Crippen LogP contribution in [0.3, 0.4) is 0 Å². The number of aryl methyl sites for hydroxylation is 1. The van der Waals surface area contributed by atoms with E-state index in [0.29, 0.717) is 23.0 Å². The van der Waals surface area contributed by atoms with Gasteiger partial charge in [0, 0.05) is 42.5 Å². The van der Waals surface area contributed by atoms with Crippen molar-refractivity contribution < 1.29 is 4.39 Å². The van der Waals surface area contributed by atoms with Crippen molar-refractivity contribution in [3.05, 3.63) is 64.7 Å². The highest BCUT2D eigenvalue weighted by atomic mass is 35.5. The first kappa shape index (κ1) is 23.9. The number of fused-ring (bicyclic) bond motifs is 1. The quantitative estimate of drug-likeness (QED) is 0.405. The number of anilines is 1. The van der Waals surface area contributed by atoms with Crippen molar-refractivity contribution in [1.29, 1.82) is 0 Å². The summed E-state index contributed by atoms with van der Waals surface area (Å²) in [5, 5.41) is 5.24.